The van der Waals surface area contributed by atoms with Gasteiger partial charge in [-0.05, 0) is 19.4 Å². The maximum absolute atomic E-state index is 12.1. The van der Waals surface area contributed by atoms with E-state index >= 15 is 0 Å². The first-order chi connectivity index (χ1) is 8.55. The molecule has 0 bridgehead atoms. The summed E-state index contributed by atoms with van der Waals surface area (Å²) in [6.07, 6.45) is 3.09. The molecule has 5 heteroatoms. The van der Waals surface area contributed by atoms with Crippen LogP contribution in [0, 0.1) is 0 Å². The van der Waals surface area contributed by atoms with E-state index in [2.05, 4.69) is 10.3 Å². The molecule has 0 aliphatic heterocycles. The van der Waals surface area contributed by atoms with Crippen LogP contribution in [0.2, 0.25) is 0 Å². The zero-order valence-corrected chi connectivity index (χ0v) is 11.3. The van der Waals surface area contributed by atoms with Crippen molar-refractivity contribution in [2.45, 2.75) is 32.3 Å². The van der Waals surface area contributed by atoms with E-state index in [9.17, 15) is 4.79 Å². The predicted molar refractivity (Wildman–Crippen MR) is 69.7 cm³/mol. The lowest BCUT2D eigenvalue weighted by Gasteiger charge is -2.26. The molecule has 5 nitrogen and oxygen atoms in total. The Morgan fingerprint density at radius 1 is 1.44 bits per heavy atom. The van der Waals surface area contributed by atoms with Crippen LogP contribution in [0.15, 0.2) is 18.3 Å². The highest BCUT2D eigenvalue weighted by molar-refractivity contribution is 5.96. The summed E-state index contributed by atoms with van der Waals surface area (Å²) < 4.78 is 10.3. The van der Waals surface area contributed by atoms with Crippen LogP contribution in [0.1, 0.15) is 26.7 Å². The van der Waals surface area contributed by atoms with E-state index in [1.54, 1.807) is 39.5 Å². The van der Waals surface area contributed by atoms with Gasteiger partial charge in [0.1, 0.15) is 5.60 Å². The Hall–Kier alpha value is -1.62. The molecule has 100 valence electrons. The van der Waals surface area contributed by atoms with E-state index < -0.39 is 5.60 Å². The van der Waals surface area contributed by atoms with Crippen molar-refractivity contribution in [3.63, 3.8) is 0 Å². The summed E-state index contributed by atoms with van der Waals surface area (Å²) >= 11 is 0. The van der Waals surface area contributed by atoms with Crippen molar-refractivity contribution < 1.29 is 14.3 Å². The monoisotopic (exact) mass is 252 g/mol. The standard InChI is InChI=1S/C13H20N2O3/c1-5-8-13(2,18-4)12(16)15-10-6-7-11(17-3)14-9-10/h6-7,9H,5,8H2,1-4H3,(H,15,16)/t13-/m1/s1. The van der Waals surface area contributed by atoms with Gasteiger partial charge in [-0.3, -0.25) is 4.79 Å². The van der Waals surface area contributed by atoms with Gasteiger partial charge in [-0.15, -0.1) is 0 Å². The van der Waals surface area contributed by atoms with Crippen molar-refractivity contribution in [2.24, 2.45) is 0 Å². The van der Waals surface area contributed by atoms with E-state index in [1.807, 2.05) is 6.92 Å². The van der Waals surface area contributed by atoms with Crippen LogP contribution < -0.4 is 10.1 Å². The van der Waals surface area contributed by atoms with E-state index in [1.165, 1.54) is 0 Å². The predicted octanol–water partition coefficient (Wildman–Crippen LogP) is 2.23. The minimum Gasteiger partial charge on any atom is -0.481 e. The number of nitrogens with one attached hydrogen (secondary N) is 1. The molecule has 1 rings (SSSR count). The first-order valence-electron chi connectivity index (χ1n) is 5.92. The lowest BCUT2D eigenvalue weighted by molar-refractivity contribution is -0.136. The largest absolute Gasteiger partial charge is 0.481 e. The molecule has 0 unspecified atom stereocenters. The Morgan fingerprint density at radius 2 is 2.17 bits per heavy atom. The first kappa shape index (κ1) is 14.4. The molecule has 1 heterocycles. The highest BCUT2D eigenvalue weighted by Gasteiger charge is 2.32. The number of hydrogen-bond acceptors (Lipinski definition) is 4. The fourth-order valence-electron chi connectivity index (χ4n) is 1.62. The first-order valence-corrected chi connectivity index (χ1v) is 5.92. The molecule has 1 atom stereocenters. The highest BCUT2D eigenvalue weighted by Crippen LogP contribution is 2.20. The molecule has 1 aromatic rings. The Labute approximate surface area is 108 Å². The number of hydrogen-bond donors (Lipinski definition) is 1. The van der Waals surface area contributed by atoms with E-state index in [0.29, 0.717) is 18.0 Å². The van der Waals surface area contributed by atoms with Gasteiger partial charge in [-0.2, -0.15) is 0 Å². The molecule has 0 aliphatic rings. The summed E-state index contributed by atoms with van der Waals surface area (Å²) in [7, 11) is 3.09. The molecule has 0 saturated carbocycles. The third kappa shape index (κ3) is 3.43. The molecule has 0 saturated heterocycles. The zero-order chi connectivity index (χ0) is 13.6. The average Bonchev–Trinajstić information content (AvgIpc) is 2.39. The second-order valence-electron chi connectivity index (χ2n) is 4.23. The number of carbonyl (C=O) groups excluding carboxylic acids is 1. The number of pyridine rings is 1. The zero-order valence-electron chi connectivity index (χ0n) is 11.3. The molecular formula is C13H20N2O3. The number of nitrogens with zero attached hydrogens (tertiary/aromatic N) is 1. The maximum atomic E-state index is 12.1. The van der Waals surface area contributed by atoms with Crippen LogP contribution in [0.4, 0.5) is 5.69 Å². The topological polar surface area (TPSA) is 60.5 Å². The summed E-state index contributed by atoms with van der Waals surface area (Å²) in [6.45, 7) is 3.79. The van der Waals surface area contributed by atoms with Gasteiger partial charge in [0.25, 0.3) is 5.91 Å². The fraction of sp³-hybridized carbons (Fsp3) is 0.538. The molecule has 1 amide bonds. The van der Waals surface area contributed by atoms with Gasteiger partial charge in [0, 0.05) is 13.2 Å². The van der Waals surface area contributed by atoms with Gasteiger partial charge < -0.3 is 14.8 Å². The van der Waals surface area contributed by atoms with E-state index in [0.717, 1.165) is 6.42 Å². The van der Waals surface area contributed by atoms with Gasteiger partial charge >= 0.3 is 0 Å². The normalized spacial score (nSPS) is 13.8. The Balaban J connectivity index is 2.73. The average molecular weight is 252 g/mol. The summed E-state index contributed by atoms with van der Waals surface area (Å²) in [6, 6.07) is 3.44. The third-order valence-corrected chi connectivity index (χ3v) is 2.86. The minimum absolute atomic E-state index is 0.168. The second-order valence-corrected chi connectivity index (χ2v) is 4.23. The maximum Gasteiger partial charge on any atom is 0.256 e. The van der Waals surface area contributed by atoms with Crippen LogP contribution >= 0.6 is 0 Å². The summed E-state index contributed by atoms with van der Waals surface area (Å²) in [5.41, 5.74) is -0.186. The van der Waals surface area contributed by atoms with Crippen LogP contribution in [0.5, 0.6) is 5.88 Å². The second kappa shape index (κ2) is 6.35. The Bertz CT molecular complexity index is 392. The van der Waals surface area contributed by atoms with Crippen LogP contribution in [-0.4, -0.2) is 30.7 Å². The van der Waals surface area contributed by atoms with Crippen molar-refractivity contribution in [1.29, 1.82) is 0 Å². The molecule has 0 radical (unpaired) electrons. The fourth-order valence-corrected chi connectivity index (χ4v) is 1.62. The van der Waals surface area contributed by atoms with Crippen molar-refractivity contribution in [3.8, 4) is 5.88 Å². The van der Waals surface area contributed by atoms with Gasteiger partial charge in [-0.25, -0.2) is 4.98 Å². The number of rotatable bonds is 6. The van der Waals surface area contributed by atoms with E-state index in [4.69, 9.17) is 9.47 Å². The number of ether oxygens (including phenoxy) is 2. The third-order valence-electron chi connectivity index (χ3n) is 2.86. The summed E-state index contributed by atoms with van der Waals surface area (Å²) in [5.74, 6) is 0.342. The number of carbonyl (C=O) groups is 1. The molecule has 0 fully saturated rings. The number of methoxy groups -OCH3 is 2. The van der Waals surface area contributed by atoms with Gasteiger partial charge in [0.2, 0.25) is 5.88 Å². The quantitative estimate of drug-likeness (QED) is 0.843. The van der Waals surface area contributed by atoms with Crippen molar-refractivity contribution in [2.75, 3.05) is 19.5 Å². The smallest absolute Gasteiger partial charge is 0.256 e. The van der Waals surface area contributed by atoms with Crippen molar-refractivity contribution >= 4 is 11.6 Å². The van der Waals surface area contributed by atoms with Crippen molar-refractivity contribution in [1.82, 2.24) is 4.98 Å². The molecule has 1 aromatic heterocycles. The lowest BCUT2D eigenvalue weighted by atomic mass is 9.99. The Kier molecular flexibility index (Phi) is 5.09. The number of amides is 1. The van der Waals surface area contributed by atoms with E-state index in [-0.39, 0.29) is 5.91 Å². The Morgan fingerprint density at radius 3 is 2.61 bits per heavy atom. The molecule has 0 spiro atoms. The SMILES string of the molecule is CCC[C@@](C)(OC)C(=O)Nc1ccc(OC)nc1. The van der Waals surface area contributed by atoms with Crippen LogP contribution in [0.25, 0.3) is 0 Å². The van der Waals surface area contributed by atoms with Crippen molar-refractivity contribution in [3.05, 3.63) is 18.3 Å². The molecule has 1 N–H and O–H groups in total. The minimum atomic E-state index is -0.811. The molecule has 0 aliphatic carbocycles. The molecule has 18 heavy (non-hydrogen) atoms. The van der Waals surface area contributed by atoms with Crippen LogP contribution in [-0.2, 0) is 9.53 Å². The number of anilines is 1. The lowest BCUT2D eigenvalue weighted by Crippen LogP contribution is -2.41. The number of aromatic nitrogens is 1. The van der Waals surface area contributed by atoms with Crippen LogP contribution in [0.3, 0.4) is 0 Å². The summed E-state index contributed by atoms with van der Waals surface area (Å²) in [5, 5.41) is 2.79. The van der Waals surface area contributed by atoms with Gasteiger partial charge in [-0.1, -0.05) is 13.3 Å². The molecular weight excluding hydrogens is 232 g/mol. The van der Waals surface area contributed by atoms with Gasteiger partial charge in [0.05, 0.1) is 19.0 Å². The molecule has 0 aromatic carbocycles. The van der Waals surface area contributed by atoms with Gasteiger partial charge in [0.15, 0.2) is 0 Å². The summed E-state index contributed by atoms with van der Waals surface area (Å²) in [4.78, 5) is 16.1. The highest BCUT2D eigenvalue weighted by atomic mass is 16.5.